The first kappa shape index (κ1) is 12.1. The number of aryl methyl sites for hydroxylation is 1. The van der Waals surface area contributed by atoms with E-state index < -0.39 is 0 Å². The van der Waals surface area contributed by atoms with Gasteiger partial charge in [-0.3, -0.25) is 5.43 Å². The Kier molecular flexibility index (Phi) is 3.42. The van der Waals surface area contributed by atoms with Crippen LogP contribution in [0.25, 0.3) is 0 Å². The van der Waals surface area contributed by atoms with Gasteiger partial charge in [0, 0.05) is 5.56 Å². The van der Waals surface area contributed by atoms with Crippen LogP contribution in [0.4, 0.5) is 5.82 Å². The number of nitrogens with one attached hydrogen (secondary N) is 1. The molecule has 0 atom stereocenters. The monoisotopic (exact) mass is 272 g/mol. The average molecular weight is 273 g/mol. The van der Waals surface area contributed by atoms with Crippen LogP contribution >= 0.6 is 11.6 Å². The highest BCUT2D eigenvalue weighted by Crippen LogP contribution is 2.21. The Hall–Kier alpha value is -1.94. The molecule has 1 N–H and O–H groups in total. The average Bonchev–Trinajstić information content (AvgIpc) is 2.47. The highest BCUT2D eigenvalue weighted by Gasteiger charge is 2.14. The van der Waals surface area contributed by atoms with Crippen molar-refractivity contribution >= 4 is 23.1 Å². The van der Waals surface area contributed by atoms with Crippen LogP contribution in [0.5, 0.6) is 0 Å². The highest BCUT2D eigenvalue weighted by atomic mass is 35.5. The summed E-state index contributed by atoms with van der Waals surface area (Å²) in [6.45, 7) is 0. The van der Waals surface area contributed by atoms with E-state index in [1.165, 1.54) is 11.1 Å². The van der Waals surface area contributed by atoms with Gasteiger partial charge in [0.15, 0.2) is 11.0 Å². The number of anilines is 1. The molecule has 1 aromatic carbocycles. The summed E-state index contributed by atoms with van der Waals surface area (Å²) in [5.74, 6) is 0.597. The number of hydrazone groups is 1. The van der Waals surface area contributed by atoms with Crippen LogP contribution < -0.4 is 5.43 Å². The molecule has 0 amide bonds. The normalized spacial score (nSPS) is 16.2. The first-order valence-corrected chi connectivity index (χ1v) is 6.61. The third-order valence-corrected chi connectivity index (χ3v) is 3.33. The smallest absolute Gasteiger partial charge is 0.168 e. The molecule has 0 saturated heterocycles. The zero-order chi connectivity index (χ0) is 13.1. The quantitative estimate of drug-likeness (QED) is 0.854. The van der Waals surface area contributed by atoms with E-state index in [4.69, 9.17) is 11.6 Å². The predicted octanol–water partition coefficient (Wildman–Crippen LogP) is 3.28. The number of hydrogen-bond acceptors (Lipinski definition) is 4. The van der Waals surface area contributed by atoms with E-state index in [0.29, 0.717) is 11.0 Å². The van der Waals surface area contributed by atoms with Gasteiger partial charge in [-0.15, -0.1) is 10.2 Å². The summed E-state index contributed by atoms with van der Waals surface area (Å²) in [5.41, 5.74) is 6.59. The first-order chi connectivity index (χ1) is 9.33. The molecule has 19 heavy (non-hydrogen) atoms. The molecule has 0 unspecified atom stereocenters. The van der Waals surface area contributed by atoms with Crippen molar-refractivity contribution in [3.05, 3.63) is 52.7 Å². The minimum atomic E-state index is 0.376. The van der Waals surface area contributed by atoms with E-state index in [9.17, 15) is 0 Å². The fourth-order valence-electron chi connectivity index (χ4n) is 2.22. The van der Waals surface area contributed by atoms with E-state index in [-0.39, 0.29) is 0 Å². The Bertz CT molecular complexity index is 607. The van der Waals surface area contributed by atoms with Crippen molar-refractivity contribution in [3.63, 3.8) is 0 Å². The van der Waals surface area contributed by atoms with Gasteiger partial charge in [0.25, 0.3) is 0 Å². The number of rotatable bonds is 2. The third-order valence-electron chi connectivity index (χ3n) is 3.13. The van der Waals surface area contributed by atoms with E-state index in [1.807, 2.05) is 6.07 Å². The lowest BCUT2D eigenvalue weighted by Crippen LogP contribution is -2.13. The predicted molar refractivity (Wildman–Crippen MR) is 76.6 cm³/mol. The molecule has 1 heterocycles. The van der Waals surface area contributed by atoms with Gasteiger partial charge in [0.2, 0.25) is 0 Å². The second-order valence-electron chi connectivity index (χ2n) is 4.42. The molecule has 1 aliphatic carbocycles. The number of halogens is 1. The molecule has 0 fully saturated rings. The second kappa shape index (κ2) is 5.36. The van der Waals surface area contributed by atoms with Crippen molar-refractivity contribution in [3.8, 4) is 0 Å². The van der Waals surface area contributed by atoms with E-state index in [2.05, 4.69) is 38.9 Å². The van der Waals surface area contributed by atoms with Gasteiger partial charge >= 0.3 is 0 Å². The third kappa shape index (κ3) is 2.74. The minimum absolute atomic E-state index is 0.376. The molecule has 0 aliphatic heterocycles. The van der Waals surface area contributed by atoms with Gasteiger partial charge in [-0.05, 0) is 37.0 Å². The van der Waals surface area contributed by atoms with Crippen LogP contribution in [-0.4, -0.2) is 15.9 Å². The fraction of sp³-hybridized carbons (Fsp3) is 0.214. The van der Waals surface area contributed by atoms with Gasteiger partial charge in [-0.25, -0.2) is 0 Å². The Labute approximate surface area is 116 Å². The molecule has 1 aliphatic rings. The Balaban J connectivity index is 1.83. The number of fused-ring (bicyclic) bond motifs is 1. The van der Waals surface area contributed by atoms with E-state index in [1.54, 1.807) is 12.1 Å². The van der Waals surface area contributed by atoms with Crippen molar-refractivity contribution in [1.82, 2.24) is 10.2 Å². The van der Waals surface area contributed by atoms with Crippen molar-refractivity contribution in [1.29, 1.82) is 0 Å². The maximum atomic E-state index is 5.69. The standard InChI is InChI=1S/C14H13ClN4/c15-13-8-9-14(19-17-13)18-16-12-7-3-5-10-4-1-2-6-11(10)12/h1-2,4,6,8-9H,3,5,7H2,(H,18,19)/b16-12+. The Morgan fingerprint density at radius 3 is 2.79 bits per heavy atom. The number of aromatic nitrogens is 2. The highest BCUT2D eigenvalue weighted by molar-refractivity contribution is 6.29. The van der Waals surface area contributed by atoms with Crippen LogP contribution in [0.1, 0.15) is 24.0 Å². The molecule has 0 radical (unpaired) electrons. The van der Waals surface area contributed by atoms with Crippen LogP contribution in [-0.2, 0) is 6.42 Å². The summed E-state index contributed by atoms with van der Waals surface area (Å²) in [6.07, 6.45) is 3.23. The molecular formula is C14H13ClN4. The molecule has 2 aromatic rings. The molecule has 5 heteroatoms. The maximum absolute atomic E-state index is 5.69. The van der Waals surface area contributed by atoms with Crippen molar-refractivity contribution in [2.45, 2.75) is 19.3 Å². The molecular weight excluding hydrogens is 260 g/mol. The van der Waals surface area contributed by atoms with Gasteiger partial charge in [-0.1, -0.05) is 35.9 Å². The Morgan fingerprint density at radius 1 is 1.05 bits per heavy atom. The second-order valence-corrected chi connectivity index (χ2v) is 4.81. The molecule has 4 nitrogen and oxygen atoms in total. The van der Waals surface area contributed by atoms with E-state index in [0.717, 1.165) is 25.0 Å². The zero-order valence-electron chi connectivity index (χ0n) is 10.3. The molecule has 0 saturated carbocycles. The van der Waals surface area contributed by atoms with E-state index >= 15 is 0 Å². The summed E-state index contributed by atoms with van der Waals surface area (Å²) in [4.78, 5) is 0. The summed E-state index contributed by atoms with van der Waals surface area (Å²) in [6, 6.07) is 11.8. The van der Waals surface area contributed by atoms with Crippen LogP contribution in [0.3, 0.4) is 0 Å². The van der Waals surface area contributed by atoms with Crippen LogP contribution in [0.2, 0.25) is 5.15 Å². The minimum Gasteiger partial charge on any atom is -0.260 e. The van der Waals surface area contributed by atoms with Gasteiger partial charge in [-0.2, -0.15) is 5.10 Å². The molecule has 3 rings (SSSR count). The summed E-state index contributed by atoms with van der Waals surface area (Å²) in [5, 5.41) is 12.5. The molecule has 0 spiro atoms. The lowest BCUT2D eigenvalue weighted by Gasteiger charge is -2.17. The summed E-state index contributed by atoms with van der Waals surface area (Å²) in [7, 11) is 0. The fourth-order valence-corrected chi connectivity index (χ4v) is 2.32. The first-order valence-electron chi connectivity index (χ1n) is 6.23. The van der Waals surface area contributed by atoms with Crippen LogP contribution in [0, 0.1) is 0 Å². The molecule has 1 aromatic heterocycles. The SMILES string of the molecule is Clc1ccc(N/N=C2\CCCc3ccccc32)nn1. The lowest BCUT2D eigenvalue weighted by molar-refractivity contribution is 0.836. The van der Waals surface area contributed by atoms with Gasteiger partial charge in [0.05, 0.1) is 5.71 Å². The lowest BCUT2D eigenvalue weighted by atomic mass is 9.90. The zero-order valence-corrected chi connectivity index (χ0v) is 11.1. The molecule has 0 bridgehead atoms. The molecule has 96 valence electrons. The topological polar surface area (TPSA) is 50.2 Å². The number of hydrogen-bond donors (Lipinski definition) is 1. The largest absolute Gasteiger partial charge is 0.260 e. The Morgan fingerprint density at radius 2 is 1.95 bits per heavy atom. The van der Waals surface area contributed by atoms with Crippen molar-refractivity contribution < 1.29 is 0 Å². The summed E-state index contributed by atoms with van der Waals surface area (Å²) < 4.78 is 0. The number of nitrogens with zero attached hydrogens (tertiary/aromatic N) is 3. The maximum Gasteiger partial charge on any atom is 0.168 e. The van der Waals surface area contributed by atoms with Gasteiger partial charge in [0.1, 0.15) is 0 Å². The van der Waals surface area contributed by atoms with Crippen LogP contribution in [0.15, 0.2) is 41.5 Å². The summed E-state index contributed by atoms with van der Waals surface area (Å²) >= 11 is 5.69. The number of benzene rings is 1. The van der Waals surface area contributed by atoms with Crippen molar-refractivity contribution in [2.24, 2.45) is 5.10 Å². The van der Waals surface area contributed by atoms with Gasteiger partial charge < -0.3 is 0 Å². The van der Waals surface area contributed by atoms with Crippen molar-refractivity contribution in [2.75, 3.05) is 5.43 Å².